The fourth-order valence-electron chi connectivity index (χ4n) is 3.91. The molecule has 1 aliphatic heterocycles. The van der Waals surface area contributed by atoms with Crippen molar-refractivity contribution in [3.8, 4) is 0 Å². The minimum atomic E-state index is -0.541. The fourth-order valence-corrected chi connectivity index (χ4v) is 3.91. The topological polar surface area (TPSA) is 61.4 Å². The zero-order chi connectivity index (χ0) is 21.5. The predicted octanol–water partition coefficient (Wildman–Crippen LogP) is 3.53. The molecule has 2 aromatic carbocycles. The highest BCUT2D eigenvalue weighted by Gasteiger charge is 2.28. The number of benzene rings is 2. The third kappa shape index (κ3) is 6.17. The molecule has 0 saturated carbocycles. The van der Waals surface area contributed by atoms with Crippen molar-refractivity contribution in [3.63, 3.8) is 0 Å². The Balaban J connectivity index is 1.51. The summed E-state index contributed by atoms with van der Waals surface area (Å²) in [6.45, 7) is 8.74. The van der Waals surface area contributed by atoms with Crippen LogP contribution in [0.2, 0.25) is 0 Å². The van der Waals surface area contributed by atoms with Crippen molar-refractivity contribution < 1.29 is 9.59 Å². The van der Waals surface area contributed by atoms with Gasteiger partial charge >= 0.3 is 0 Å². The van der Waals surface area contributed by atoms with Gasteiger partial charge in [0.15, 0.2) is 0 Å². The van der Waals surface area contributed by atoms with Gasteiger partial charge in [0, 0.05) is 31.2 Å². The average molecular weight is 408 g/mol. The first-order valence-corrected chi connectivity index (χ1v) is 10.9. The van der Waals surface area contributed by atoms with E-state index in [0.29, 0.717) is 5.56 Å². The summed E-state index contributed by atoms with van der Waals surface area (Å²) >= 11 is 0. The van der Waals surface area contributed by atoms with E-state index >= 15 is 0 Å². The second-order valence-corrected chi connectivity index (χ2v) is 8.61. The number of piperidine rings is 1. The first-order valence-electron chi connectivity index (χ1n) is 10.9. The van der Waals surface area contributed by atoms with Crippen LogP contribution in [0.3, 0.4) is 0 Å². The fraction of sp³-hybridized carbons (Fsp3) is 0.440. The maximum absolute atomic E-state index is 12.9. The molecule has 1 saturated heterocycles. The summed E-state index contributed by atoms with van der Waals surface area (Å²) < 4.78 is 0. The molecule has 0 aromatic heterocycles. The number of hydrogen-bond acceptors (Lipinski definition) is 3. The Labute approximate surface area is 179 Å². The maximum Gasteiger partial charge on any atom is 0.251 e. The first kappa shape index (κ1) is 22.0. The molecular formula is C25H33N3O2. The molecule has 160 valence electrons. The first-order chi connectivity index (χ1) is 14.4. The van der Waals surface area contributed by atoms with Crippen LogP contribution in [0, 0.1) is 12.8 Å². The number of carbonyl (C=O) groups is 2. The van der Waals surface area contributed by atoms with Crippen LogP contribution < -0.4 is 10.6 Å². The second-order valence-electron chi connectivity index (χ2n) is 8.61. The molecule has 1 heterocycles. The summed E-state index contributed by atoms with van der Waals surface area (Å²) in [4.78, 5) is 28.0. The van der Waals surface area contributed by atoms with E-state index in [-0.39, 0.29) is 23.8 Å². The number of amides is 2. The number of nitrogens with zero attached hydrogens (tertiary/aromatic N) is 1. The van der Waals surface area contributed by atoms with Gasteiger partial charge in [-0.05, 0) is 43.4 Å². The van der Waals surface area contributed by atoms with Crippen molar-refractivity contribution >= 4 is 11.8 Å². The van der Waals surface area contributed by atoms with Crippen molar-refractivity contribution in [3.05, 3.63) is 71.3 Å². The van der Waals surface area contributed by atoms with Crippen LogP contribution in [-0.2, 0) is 11.3 Å². The van der Waals surface area contributed by atoms with E-state index in [1.165, 1.54) is 5.56 Å². The Bertz CT molecular complexity index is 842. The lowest BCUT2D eigenvalue weighted by Gasteiger charge is -2.33. The molecule has 0 bridgehead atoms. The molecule has 5 nitrogen and oxygen atoms in total. The van der Waals surface area contributed by atoms with Crippen LogP contribution in [-0.4, -0.2) is 41.9 Å². The molecule has 0 unspecified atom stereocenters. The van der Waals surface area contributed by atoms with Crippen molar-refractivity contribution in [2.24, 2.45) is 5.92 Å². The smallest absolute Gasteiger partial charge is 0.251 e. The van der Waals surface area contributed by atoms with Gasteiger partial charge in [0.2, 0.25) is 5.91 Å². The number of nitrogens with one attached hydrogen (secondary N) is 2. The van der Waals surface area contributed by atoms with Crippen molar-refractivity contribution in [1.82, 2.24) is 15.5 Å². The summed E-state index contributed by atoms with van der Waals surface area (Å²) in [7, 11) is 0. The van der Waals surface area contributed by atoms with Crippen LogP contribution in [0.4, 0.5) is 0 Å². The normalized spacial score (nSPS) is 16.3. The molecule has 3 rings (SSSR count). The van der Waals surface area contributed by atoms with E-state index in [0.717, 1.165) is 38.0 Å². The molecule has 1 fully saturated rings. The van der Waals surface area contributed by atoms with E-state index < -0.39 is 6.04 Å². The number of rotatable bonds is 7. The highest BCUT2D eigenvalue weighted by Crippen LogP contribution is 2.15. The third-order valence-electron chi connectivity index (χ3n) is 5.70. The minimum Gasteiger partial charge on any atom is -0.351 e. The van der Waals surface area contributed by atoms with E-state index in [1.807, 2.05) is 45.0 Å². The van der Waals surface area contributed by atoms with Crippen LogP contribution >= 0.6 is 0 Å². The molecule has 5 heteroatoms. The van der Waals surface area contributed by atoms with Crippen molar-refractivity contribution in [1.29, 1.82) is 0 Å². The molecule has 2 N–H and O–H groups in total. The number of carbonyl (C=O) groups excluding carboxylic acids is 2. The van der Waals surface area contributed by atoms with Crippen LogP contribution in [0.5, 0.6) is 0 Å². The Hall–Kier alpha value is -2.66. The van der Waals surface area contributed by atoms with Gasteiger partial charge < -0.3 is 10.6 Å². The third-order valence-corrected chi connectivity index (χ3v) is 5.70. The Kier molecular flexibility index (Phi) is 7.63. The van der Waals surface area contributed by atoms with Crippen LogP contribution in [0.15, 0.2) is 54.6 Å². The summed E-state index contributed by atoms with van der Waals surface area (Å²) in [5, 5.41) is 6.10. The lowest BCUT2D eigenvalue weighted by Crippen LogP contribution is -2.53. The van der Waals surface area contributed by atoms with Gasteiger partial charge in [-0.3, -0.25) is 14.5 Å². The van der Waals surface area contributed by atoms with Crippen LogP contribution in [0.25, 0.3) is 0 Å². The number of likely N-dealkylation sites (tertiary alicyclic amines) is 1. The maximum atomic E-state index is 12.9. The standard InChI is InChI=1S/C25H33N3O2/c1-18(2)23(27-24(29)21-11-7-8-19(3)16-21)25(30)26-22-12-14-28(15-13-22)17-20-9-5-4-6-10-20/h4-11,16,18,22-23H,12-15,17H2,1-3H3,(H,26,30)(H,27,29)/t23-/m0/s1. The molecule has 2 amide bonds. The average Bonchev–Trinajstić information content (AvgIpc) is 2.73. The molecule has 0 spiro atoms. The van der Waals surface area contributed by atoms with Crippen molar-refractivity contribution in [2.45, 2.75) is 52.2 Å². The van der Waals surface area contributed by atoms with Gasteiger partial charge in [0.05, 0.1) is 0 Å². The SMILES string of the molecule is Cc1cccc(C(=O)N[C@H](C(=O)NC2CCN(Cc3ccccc3)CC2)C(C)C)c1. The largest absolute Gasteiger partial charge is 0.351 e. The lowest BCUT2D eigenvalue weighted by atomic mass is 9.99. The van der Waals surface area contributed by atoms with Gasteiger partial charge in [-0.15, -0.1) is 0 Å². The summed E-state index contributed by atoms with van der Waals surface area (Å²) in [5.74, 6) is -0.283. The summed E-state index contributed by atoms with van der Waals surface area (Å²) in [5.41, 5.74) is 2.93. The van der Waals surface area contributed by atoms with Gasteiger partial charge in [0.25, 0.3) is 5.91 Å². The molecule has 1 aliphatic rings. The van der Waals surface area contributed by atoms with E-state index in [9.17, 15) is 9.59 Å². The number of aryl methyl sites for hydroxylation is 1. The Morgan fingerprint density at radius 3 is 2.37 bits per heavy atom. The lowest BCUT2D eigenvalue weighted by molar-refractivity contribution is -0.125. The van der Waals surface area contributed by atoms with E-state index in [4.69, 9.17) is 0 Å². The molecule has 0 aliphatic carbocycles. The molecule has 1 atom stereocenters. The van der Waals surface area contributed by atoms with Gasteiger partial charge in [-0.25, -0.2) is 0 Å². The Morgan fingerprint density at radius 2 is 1.73 bits per heavy atom. The minimum absolute atomic E-state index is 0.0110. The second kappa shape index (κ2) is 10.4. The van der Waals surface area contributed by atoms with E-state index in [2.05, 4.69) is 39.8 Å². The summed E-state index contributed by atoms with van der Waals surface area (Å²) in [6.07, 6.45) is 1.85. The van der Waals surface area contributed by atoms with Gasteiger partial charge in [-0.1, -0.05) is 61.9 Å². The summed E-state index contributed by atoms with van der Waals surface area (Å²) in [6, 6.07) is 17.5. The molecule has 2 aromatic rings. The predicted molar refractivity (Wildman–Crippen MR) is 120 cm³/mol. The number of hydrogen-bond donors (Lipinski definition) is 2. The zero-order valence-electron chi connectivity index (χ0n) is 18.2. The zero-order valence-corrected chi connectivity index (χ0v) is 18.2. The monoisotopic (exact) mass is 407 g/mol. The molecule has 0 radical (unpaired) electrons. The molecule has 30 heavy (non-hydrogen) atoms. The highest BCUT2D eigenvalue weighted by molar-refractivity contribution is 5.97. The quantitative estimate of drug-likeness (QED) is 0.738. The molecular weight excluding hydrogens is 374 g/mol. The van der Waals surface area contributed by atoms with Gasteiger partial charge in [0.1, 0.15) is 6.04 Å². The van der Waals surface area contributed by atoms with Gasteiger partial charge in [-0.2, -0.15) is 0 Å². The van der Waals surface area contributed by atoms with Crippen LogP contribution in [0.1, 0.15) is 48.2 Å². The van der Waals surface area contributed by atoms with E-state index in [1.54, 1.807) is 6.07 Å². The van der Waals surface area contributed by atoms with Crippen molar-refractivity contribution in [2.75, 3.05) is 13.1 Å². The Morgan fingerprint density at radius 1 is 1.03 bits per heavy atom. The highest BCUT2D eigenvalue weighted by atomic mass is 16.2.